The lowest BCUT2D eigenvalue weighted by molar-refractivity contribution is -0.130. The second kappa shape index (κ2) is 12.7. The molecule has 23 heavy (non-hydrogen) atoms. The van der Waals surface area contributed by atoms with E-state index in [1.54, 1.807) is 18.4 Å². The van der Waals surface area contributed by atoms with Crippen LogP contribution in [0.25, 0.3) is 0 Å². The highest BCUT2D eigenvalue weighted by Gasteiger charge is 2.12. The average Bonchev–Trinajstić information content (AvgIpc) is 2.57. The van der Waals surface area contributed by atoms with Crippen molar-refractivity contribution >= 4 is 5.97 Å². The van der Waals surface area contributed by atoms with E-state index in [2.05, 4.69) is 6.92 Å². The highest BCUT2D eigenvalue weighted by atomic mass is 16.5. The summed E-state index contributed by atoms with van der Waals surface area (Å²) in [4.78, 5) is 12.3. The molecular weight excluding hydrogens is 288 g/mol. The number of rotatable bonds is 12. The third-order valence-corrected chi connectivity index (χ3v) is 3.66. The molecule has 0 aliphatic carbocycles. The van der Waals surface area contributed by atoms with Gasteiger partial charge in [-0.3, -0.25) is 0 Å². The molecule has 0 N–H and O–H groups in total. The molecule has 1 aromatic carbocycles. The van der Waals surface area contributed by atoms with Crippen molar-refractivity contribution in [1.29, 1.82) is 0 Å². The number of benzene rings is 1. The van der Waals surface area contributed by atoms with Gasteiger partial charge >= 0.3 is 5.97 Å². The Hall–Kier alpha value is -1.77. The topological polar surface area (TPSA) is 35.5 Å². The summed E-state index contributed by atoms with van der Waals surface area (Å²) in [6.07, 6.45) is 10.8. The summed E-state index contributed by atoms with van der Waals surface area (Å²) in [7, 11) is 0. The van der Waals surface area contributed by atoms with Crippen molar-refractivity contribution in [3.05, 3.63) is 42.2 Å². The second-order valence-corrected chi connectivity index (χ2v) is 5.67. The van der Waals surface area contributed by atoms with Crippen LogP contribution in [0.15, 0.2) is 42.2 Å². The summed E-state index contributed by atoms with van der Waals surface area (Å²) in [6, 6.07) is 9.16. The van der Waals surface area contributed by atoms with Crippen molar-refractivity contribution in [2.45, 2.75) is 65.2 Å². The molecule has 0 saturated carbocycles. The number of unbranched alkanes of at least 4 members (excludes halogenated alkanes) is 6. The predicted octanol–water partition coefficient (Wildman–Crippen LogP) is 5.65. The number of carbonyl (C=O) groups is 1. The molecule has 0 saturated heterocycles. The van der Waals surface area contributed by atoms with Crippen molar-refractivity contribution in [3.8, 4) is 5.75 Å². The van der Waals surface area contributed by atoms with Gasteiger partial charge in [0.25, 0.3) is 0 Å². The summed E-state index contributed by atoms with van der Waals surface area (Å²) in [5, 5.41) is 0. The van der Waals surface area contributed by atoms with E-state index in [1.807, 2.05) is 25.1 Å². The molecule has 0 aromatic heterocycles. The van der Waals surface area contributed by atoms with Gasteiger partial charge in [-0.1, -0.05) is 63.6 Å². The van der Waals surface area contributed by atoms with E-state index in [0.29, 0.717) is 24.4 Å². The lowest BCUT2D eigenvalue weighted by Crippen LogP contribution is -2.12. The van der Waals surface area contributed by atoms with Gasteiger partial charge in [0, 0.05) is 0 Å². The molecular formula is C20H30O3. The maximum Gasteiger partial charge on any atom is 0.342 e. The van der Waals surface area contributed by atoms with Crippen LogP contribution in [-0.4, -0.2) is 12.6 Å². The van der Waals surface area contributed by atoms with Crippen LogP contribution in [0.2, 0.25) is 0 Å². The van der Waals surface area contributed by atoms with Gasteiger partial charge in [-0.05, 0) is 31.9 Å². The Bertz CT molecular complexity index is 451. The minimum absolute atomic E-state index is 0.310. The summed E-state index contributed by atoms with van der Waals surface area (Å²) in [5.41, 5.74) is 0.615. The third-order valence-electron chi connectivity index (χ3n) is 3.66. The van der Waals surface area contributed by atoms with Gasteiger partial charge in [0.2, 0.25) is 0 Å². The molecule has 0 aliphatic rings. The Morgan fingerprint density at radius 1 is 0.957 bits per heavy atom. The molecule has 1 aromatic rings. The first-order chi connectivity index (χ1) is 11.3. The highest BCUT2D eigenvalue weighted by Crippen LogP contribution is 2.16. The van der Waals surface area contributed by atoms with E-state index in [0.717, 1.165) is 12.8 Å². The summed E-state index contributed by atoms with van der Waals surface area (Å²) < 4.78 is 10.7. The van der Waals surface area contributed by atoms with Crippen molar-refractivity contribution < 1.29 is 14.3 Å². The molecule has 3 nitrogen and oxygen atoms in total. The van der Waals surface area contributed by atoms with Crippen LogP contribution in [0.5, 0.6) is 5.75 Å². The molecule has 0 atom stereocenters. The van der Waals surface area contributed by atoms with Crippen molar-refractivity contribution in [1.82, 2.24) is 0 Å². The van der Waals surface area contributed by atoms with Gasteiger partial charge in [0.15, 0.2) is 0 Å². The van der Waals surface area contributed by atoms with Crippen molar-refractivity contribution in [2.75, 3.05) is 6.61 Å². The zero-order valence-corrected chi connectivity index (χ0v) is 14.6. The molecule has 1 rings (SSSR count). The van der Waals surface area contributed by atoms with Gasteiger partial charge in [-0.2, -0.15) is 0 Å². The third kappa shape index (κ3) is 9.07. The standard InChI is InChI=1S/C20H30O3/c1-3-5-6-7-8-9-11-14-18(17-22-4-2)20(21)23-19-15-12-10-13-16-19/h10,12-13,15-17H,3-9,11,14H2,1-2H3. The van der Waals surface area contributed by atoms with Gasteiger partial charge in [0.05, 0.1) is 18.4 Å². The molecule has 128 valence electrons. The van der Waals surface area contributed by atoms with Crippen molar-refractivity contribution in [2.24, 2.45) is 0 Å². The Balaban J connectivity index is 2.38. The van der Waals surface area contributed by atoms with Gasteiger partial charge in [0.1, 0.15) is 5.75 Å². The molecule has 3 heteroatoms. The Morgan fingerprint density at radius 2 is 1.61 bits per heavy atom. The highest BCUT2D eigenvalue weighted by molar-refractivity contribution is 5.89. The van der Waals surface area contributed by atoms with E-state index >= 15 is 0 Å². The maximum atomic E-state index is 12.3. The van der Waals surface area contributed by atoms with E-state index in [9.17, 15) is 4.79 Å². The number of ether oxygens (including phenoxy) is 2. The van der Waals surface area contributed by atoms with Crippen molar-refractivity contribution in [3.63, 3.8) is 0 Å². The molecule has 0 heterocycles. The second-order valence-electron chi connectivity index (χ2n) is 5.67. The SMILES string of the molecule is CCCCCCCCCC(=COCC)C(=O)Oc1ccccc1. The smallest absolute Gasteiger partial charge is 0.342 e. The average molecular weight is 318 g/mol. The molecule has 0 fully saturated rings. The summed E-state index contributed by atoms with van der Waals surface area (Å²) in [5.74, 6) is 0.259. The predicted molar refractivity (Wildman–Crippen MR) is 94.4 cm³/mol. The van der Waals surface area contributed by atoms with Crippen LogP contribution >= 0.6 is 0 Å². The molecule has 0 bridgehead atoms. The number of hydrogen-bond donors (Lipinski definition) is 0. The largest absolute Gasteiger partial charge is 0.501 e. The van der Waals surface area contributed by atoms with E-state index in [1.165, 1.54) is 32.1 Å². The number of hydrogen-bond acceptors (Lipinski definition) is 3. The van der Waals surface area contributed by atoms with Crippen LogP contribution in [-0.2, 0) is 9.53 Å². The van der Waals surface area contributed by atoms with Crippen LogP contribution < -0.4 is 4.74 Å². The lowest BCUT2D eigenvalue weighted by atomic mass is 10.1. The Kier molecular flexibility index (Phi) is 10.7. The molecule has 0 radical (unpaired) electrons. The summed E-state index contributed by atoms with van der Waals surface area (Å²) in [6.45, 7) is 4.69. The first kappa shape index (κ1) is 19.3. The minimum Gasteiger partial charge on any atom is -0.501 e. The molecule has 0 amide bonds. The fourth-order valence-electron chi connectivity index (χ4n) is 2.33. The fourth-order valence-corrected chi connectivity index (χ4v) is 2.33. The monoisotopic (exact) mass is 318 g/mol. The van der Waals surface area contributed by atoms with E-state index < -0.39 is 0 Å². The Labute approximate surface area is 140 Å². The lowest BCUT2D eigenvalue weighted by Gasteiger charge is -2.08. The molecule has 0 spiro atoms. The first-order valence-electron chi connectivity index (χ1n) is 8.85. The van der Waals surface area contributed by atoms with Crippen LogP contribution in [0.1, 0.15) is 65.2 Å². The number of carbonyl (C=O) groups excluding carboxylic acids is 1. The quantitative estimate of drug-likeness (QED) is 0.164. The normalized spacial score (nSPS) is 11.3. The van der Waals surface area contributed by atoms with Gasteiger partial charge in [-0.25, -0.2) is 4.79 Å². The zero-order chi connectivity index (χ0) is 16.8. The maximum absolute atomic E-state index is 12.3. The molecule has 0 unspecified atom stereocenters. The van der Waals surface area contributed by atoms with E-state index in [4.69, 9.17) is 9.47 Å². The van der Waals surface area contributed by atoms with Gasteiger partial charge < -0.3 is 9.47 Å². The number of esters is 1. The minimum atomic E-state index is -0.310. The molecule has 0 aliphatic heterocycles. The fraction of sp³-hybridized carbons (Fsp3) is 0.550. The summed E-state index contributed by atoms with van der Waals surface area (Å²) >= 11 is 0. The zero-order valence-electron chi connectivity index (χ0n) is 14.6. The van der Waals surface area contributed by atoms with Gasteiger partial charge in [-0.15, -0.1) is 0 Å². The Morgan fingerprint density at radius 3 is 2.26 bits per heavy atom. The number of para-hydroxylation sites is 1. The van der Waals surface area contributed by atoms with Crippen LogP contribution in [0.3, 0.4) is 0 Å². The van der Waals surface area contributed by atoms with E-state index in [-0.39, 0.29) is 5.97 Å². The van der Waals surface area contributed by atoms with Crippen LogP contribution in [0.4, 0.5) is 0 Å². The first-order valence-corrected chi connectivity index (χ1v) is 8.85. The van der Waals surface area contributed by atoms with Crippen LogP contribution in [0, 0.1) is 0 Å².